The van der Waals surface area contributed by atoms with Gasteiger partial charge in [0.25, 0.3) is 0 Å². The lowest BCUT2D eigenvalue weighted by atomic mass is 10.0. The highest BCUT2D eigenvalue weighted by Crippen LogP contribution is 2.23. The molecule has 0 aliphatic heterocycles. The molecule has 2 atom stereocenters. The van der Waals surface area contributed by atoms with E-state index in [0.717, 1.165) is 25.0 Å². The van der Waals surface area contributed by atoms with Crippen molar-refractivity contribution in [2.24, 2.45) is 11.7 Å². The lowest BCUT2D eigenvalue weighted by molar-refractivity contribution is -0.125. The standard InChI is InChI=1S/C11H16N4O/c12-10-3-1-2-9(10)11(16)14-6-8-4-5-13-7-15-8/h4-5,7,9-10H,1-3,6,12H2,(H,14,16). The Morgan fingerprint density at radius 3 is 3.06 bits per heavy atom. The van der Waals surface area contributed by atoms with Gasteiger partial charge in [-0.3, -0.25) is 4.79 Å². The second-order valence-corrected chi connectivity index (χ2v) is 4.12. The van der Waals surface area contributed by atoms with Crippen LogP contribution in [0.1, 0.15) is 25.0 Å². The van der Waals surface area contributed by atoms with Gasteiger partial charge in [0, 0.05) is 12.2 Å². The van der Waals surface area contributed by atoms with E-state index >= 15 is 0 Å². The maximum absolute atomic E-state index is 11.8. The van der Waals surface area contributed by atoms with Gasteiger partial charge in [0.1, 0.15) is 6.33 Å². The molecule has 16 heavy (non-hydrogen) atoms. The zero-order valence-electron chi connectivity index (χ0n) is 9.10. The van der Waals surface area contributed by atoms with Gasteiger partial charge in [-0.2, -0.15) is 0 Å². The molecule has 1 aliphatic rings. The number of nitrogens with two attached hydrogens (primary N) is 1. The lowest BCUT2D eigenvalue weighted by Gasteiger charge is -2.14. The molecule has 1 aromatic rings. The second kappa shape index (κ2) is 5.03. The molecular weight excluding hydrogens is 204 g/mol. The summed E-state index contributed by atoms with van der Waals surface area (Å²) in [6.07, 6.45) is 6.04. The SMILES string of the molecule is NC1CCCC1C(=O)NCc1ccncn1. The fourth-order valence-corrected chi connectivity index (χ4v) is 2.05. The van der Waals surface area contributed by atoms with E-state index in [4.69, 9.17) is 5.73 Å². The molecule has 0 spiro atoms. The largest absolute Gasteiger partial charge is 0.350 e. The minimum Gasteiger partial charge on any atom is -0.350 e. The van der Waals surface area contributed by atoms with Gasteiger partial charge >= 0.3 is 0 Å². The van der Waals surface area contributed by atoms with Gasteiger partial charge < -0.3 is 11.1 Å². The average molecular weight is 220 g/mol. The van der Waals surface area contributed by atoms with Gasteiger partial charge in [-0.05, 0) is 18.9 Å². The fourth-order valence-electron chi connectivity index (χ4n) is 2.05. The van der Waals surface area contributed by atoms with Crippen molar-refractivity contribution in [2.75, 3.05) is 0 Å². The van der Waals surface area contributed by atoms with Crippen LogP contribution in [-0.4, -0.2) is 21.9 Å². The van der Waals surface area contributed by atoms with Crippen molar-refractivity contribution < 1.29 is 4.79 Å². The van der Waals surface area contributed by atoms with Crippen molar-refractivity contribution in [1.29, 1.82) is 0 Å². The van der Waals surface area contributed by atoms with Crippen LogP contribution in [0, 0.1) is 5.92 Å². The Morgan fingerprint density at radius 1 is 1.56 bits per heavy atom. The van der Waals surface area contributed by atoms with Crippen LogP contribution >= 0.6 is 0 Å². The van der Waals surface area contributed by atoms with E-state index in [1.807, 2.05) is 0 Å². The van der Waals surface area contributed by atoms with E-state index in [-0.39, 0.29) is 17.9 Å². The lowest BCUT2D eigenvalue weighted by Crippen LogP contribution is -2.38. The molecule has 5 heteroatoms. The quantitative estimate of drug-likeness (QED) is 0.763. The normalized spacial score (nSPS) is 24.3. The topological polar surface area (TPSA) is 80.9 Å². The number of carbonyl (C=O) groups excluding carboxylic acids is 1. The number of nitrogens with zero attached hydrogens (tertiary/aromatic N) is 2. The summed E-state index contributed by atoms with van der Waals surface area (Å²) in [5, 5.41) is 2.86. The van der Waals surface area contributed by atoms with Crippen molar-refractivity contribution in [2.45, 2.75) is 31.8 Å². The smallest absolute Gasteiger partial charge is 0.224 e. The van der Waals surface area contributed by atoms with Gasteiger partial charge in [0.2, 0.25) is 5.91 Å². The molecular formula is C11H16N4O. The molecule has 0 saturated heterocycles. The Bertz CT molecular complexity index is 354. The van der Waals surface area contributed by atoms with Crippen molar-refractivity contribution in [3.05, 3.63) is 24.3 Å². The minimum absolute atomic E-state index is 0.0189. The monoisotopic (exact) mass is 220 g/mol. The Balaban J connectivity index is 1.84. The number of amides is 1. The molecule has 1 aliphatic carbocycles. The highest BCUT2D eigenvalue weighted by Gasteiger charge is 2.29. The zero-order valence-corrected chi connectivity index (χ0v) is 9.10. The maximum Gasteiger partial charge on any atom is 0.224 e. The van der Waals surface area contributed by atoms with Crippen LogP contribution in [0.2, 0.25) is 0 Å². The zero-order chi connectivity index (χ0) is 11.4. The Kier molecular flexibility index (Phi) is 3.46. The summed E-state index contributed by atoms with van der Waals surface area (Å²) in [5.41, 5.74) is 6.68. The van der Waals surface area contributed by atoms with E-state index in [1.54, 1.807) is 12.3 Å². The molecule has 3 N–H and O–H groups in total. The predicted octanol–water partition coefficient (Wildman–Crippen LogP) is 0.220. The molecule has 1 amide bonds. The average Bonchev–Trinajstić information content (AvgIpc) is 2.74. The summed E-state index contributed by atoms with van der Waals surface area (Å²) in [7, 11) is 0. The summed E-state index contributed by atoms with van der Waals surface area (Å²) >= 11 is 0. The van der Waals surface area contributed by atoms with Crippen molar-refractivity contribution in [3.8, 4) is 0 Å². The number of nitrogens with one attached hydrogen (secondary N) is 1. The second-order valence-electron chi connectivity index (χ2n) is 4.12. The molecule has 1 heterocycles. The van der Waals surface area contributed by atoms with Crippen LogP contribution in [0.25, 0.3) is 0 Å². The summed E-state index contributed by atoms with van der Waals surface area (Å²) in [4.78, 5) is 19.7. The molecule has 0 radical (unpaired) electrons. The van der Waals surface area contributed by atoms with Crippen molar-refractivity contribution in [3.63, 3.8) is 0 Å². The molecule has 5 nitrogen and oxygen atoms in total. The van der Waals surface area contributed by atoms with Gasteiger partial charge in [-0.15, -0.1) is 0 Å². The van der Waals surface area contributed by atoms with E-state index in [1.165, 1.54) is 6.33 Å². The molecule has 0 bridgehead atoms. The van der Waals surface area contributed by atoms with Gasteiger partial charge in [0.05, 0.1) is 18.2 Å². The Morgan fingerprint density at radius 2 is 2.44 bits per heavy atom. The van der Waals surface area contributed by atoms with Crippen LogP contribution in [0.15, 0.2) is 18.6 Å². The van der Waals surface area contributed by atoms with Crippen LogP contribution < -0.4 is 11.1 Å². The number of carbonyl (C=O) groups is 1. The molecule has 2 rings (SSSR count). The fraction of sp³-hybridized carbons (Fsp3) is 0.545. The highest BCUT2D eigenvalue weighted by atomic mass is 16.1. The highest BCUT2D eigenvalue weighted by molar-refractivity contribution is 5.79. The summed E-state index contributed by atoms with van der Waals surface area (Å²) in [5.74, 6) is 0.0189. The summed E-state index contributed by atoms with van der Waals surface area (Å²) in [6.45, 7) is 0.449. The van der Waals surface area contributed by atoms with Gasteiger partial charge in [-0.25, -0.2) is 9.97 Å². The number of aromatic nitrogens is 2. The third kappa shape index (κ3) is 2.55. The van der Waals surface area contributed by atoms with E-state index < -0.39 is 0 Å². The number of hydrogen-bond acceptors (Lipinski definition) is 4. The third-order valence-electron chi connectivity index (χ3n) is 2.99. The number of hydrogen-bond donors (Lipinski definition) is 2. The van der Waals surface area contributed by atoms with E-state index in [2.05, 4.69) is 15.3 Å². The number of rotatable bonds is 3. The summed E-state index contributed by atoms with van der Waals surface area (Å²) < 4.78 is 0. The first kappa shape index (κ1) is 11.0. The maximum atomic E-state index is 11.8. The van der Waals surface area contributed by atoms with Crippen LogP contribution in [0.5, 0.6) is 0 Å². The van der Waals surface area contributed by atoms with Crippen LogP contribution in [0.4, 0.5) is 0 Å². The van der Waals surface area contributed by atoms with Crippen molar-refractivity contribution in [1.82, 2.24) is 15.3 Å². The molecule has 2 unspecified atom stereocenters. The summed E-state index contributed by atoms with van der Waals surface area (Å²) in [6, 6.07) is 1.81. The first-order valence-corrected chi connectivity index (χ1v) is 5.55. The minimum atomic E-state index is -0.0261. The van der Waals surface area contributed by atoms with E-state index in [9.17, 15) is 4.79 Å². The first-order valence-electron chi connectivity index (χ1n) is 5.55. The van der Waals surface area contributed by atoms with Gasteiger partial charge in [-0.1, -0.05) is 6.42 Å². The van der Waals surface area contributed by atoms with E-state index in [0.29, 0.717) is 6.54 Å². The van der Waals surface area contributed by atoms with Crippen LogP contribution in [-0.2, 0) is 11.3 Å². The van der Waals surface area contributed by atoms with Crippen molar-refractivity contribution >= 4 is 5.91 Å². The molecule has 0 aromatic carbocycles. The first-order chi connectivity index (χ1) is 7.77. The van der Waals surface area contributed by atoms with Gasteiger partial charge in [0.15, 0.2) is 0 Å². The molecule has 1 saturated carbocycles. The molecule has 1 fully saturated rings. The molecule has 86 valence electrons. The third-order valence-corrected chi connectivity index (χ3v) is 2.99. The Hall–Kier alpha value is -1.49. The molecule has 1 aromatic heterocycles. The van der Waals surface area contributed by atoms with Crippen LogP contribution in [0.3, 0.4) is 0 Å². The Labute approximate surface area is 94.5 Å². The predicted molar refractivity (Wildman–Crippen MR) is 59.2 cm³/mol.